The first-order valence-electron chi connectivity index (χ1n) is 10.8. The number of anilines is 1. The Balaban J connectivity index is 1.44. The van der Waals surface area contributed by atoms with Crippen molar-refractivity contribution in [1.29, 1.82) is 0 Å². The molecule has 0 fully saturated rings. The zero-order valence-corrected chi connectivity index (χ0v) is 19.4. The molecular formula is C25H23ClN6O. The second-order valence-electron chi connectivity index (χ2n) is 8.49. The summed E-state index contributed by atoms with van der Waals surface area (Å²) in [4.78, 5) is 32.8. The minimum absolute atomic E-state index is 0.0201. The van der Waals surface area contributed by atoms with Crippen LogP contribution in [0.15, 0.2) is 55.0 Å². The van der Waals surface area contributed by atoms with E-state index in [4.69, 9.17) is 16.6 Å². The third-order valence-corrected chi connectivity index (χ3v) is 5.95. The molecule has 8 heteroatoms. The normalized spacial score (nSPS) is 13.1. The van der Waals surface area contributed by atoms with E-state index >= 15 is 0 Å². The smallest absolute Gasteiger partial charge is 0.233 e. The summed E-state index contributed by atoms with van der Waals surface area (Å²) in [6.45, 7) is 4.63. The largest absolute Gasteiger partial charge is 0.332 e. The molecular weight excluding hydrogens is 436 g/mol. The lowest BCUT2D eigenvalue weighted by atomic mass is 10.0. The Kier molecular flexibility index (Phi) is 5.42. The van der Waals surface area contributed by atoms with Crippen LogP contribution in [0, 0.1) is 0 Å². The van der Waals surface area contributed by atoms with Crippen LogP contribution in [0.3, 0.4) is 0 Å². The van der Waals surface area contributed by atoms with Crippen LogP contribution in [-0.4, -0.2) is 30.4 Å². The number of imidazole rings is 1. The number of rotatable bonds is 5. The van der Waals surface area contributed by atoms with Crippen LogP contribution < -0.4 is 4.90 Å². The van der Waals surface area contributed by atoms with Crippen molar-refractivity contribution < 1.29 is 4.79 Å². The average Bonchev–Trinajstić information content (AvgIpc) is 3.31. The van der Waals surface area contributed by atoms with E-state index in [0.717, 1.165) is 33.8 Å². The SMILES string of the molecule is CC(C)c1ncccc1-c1ncc2c(n1)N(Cc1ccc(-c3nc(Cl)cn3C)cc1)C(=O)C2. The number of benzene rings is 1. The molecule has 0 unspecified atom stereocenters. The number of fused-ring (bicyclic) bond motifs is 1. The predicted octanol–water partition coefficient (Wildman–Crippen LogP) is 4.81. The molecule has 0 saturated heterocycles. The zero-order chi connectivity index (χ0) is 23.1. The van der Waals surface area contributed by atoms with E-state index in [-0.39, 0.29) is 11.8 Å². The number of hydrogen-bond donors (Lipinski definition) is 0. The molecule has 4 heterocycles. The first-order chi connectivity index (χ1) is 15.9. The van der Waals surface area contributed by atoms with Crippen molar-refractivity contribution >= 4 is 23.3 Å². The van der Waals surface area contributed by atoms with Gasteiger partial charge in [0.2, 0.25) is 5.91 Å². The maximum absolute atomic E-state index is 12.8. The minimum Gasteiger partial charge on any atom is -0.332 e. The van der Waals surface area contributed by atoms with E-state index in [1.54, 1.807) is 23.5 Å². The summed E-state index contributed by atoms with van der Waals surface area (Å²) in [7, 11) is 1.91. The summed E-state index contributed by atoms with van der Waals surface area (Å²) < 4.78 is 1.89. The highest BCUT2D eigenvalue weighted by molar-refractivity contribution is 6.29. The zero-order valence-electron chi connectivity index (χ0n) is 18.7. The van der Waals surface area contributed by atoms with Crippen LogP contribution in [0.1, 0.15) is 36.6 Å². The molecule has 0 saturated carbocycles. The molecule has 1 aromatic carbocycles. The maximum atomic E-state index is 12.8. The molecule has 0 atom stereocenters. The van der Waals surface area contributed by atoms with E-state index in [2.05, 4.69) is 28.8 Å². The number of hydrogen-bond acceptors (Lipinski definition) is 5. The Morgan fingerprint density at radius 1 is 1.09 bits per heavy atom. The predicted molar refractivity (Wildman–Crippen MR) is 128 cm³/mol. The van der Waals surface area contributed by atoms with Gasteiger partial charge in [0.05, 0.1) is 18.7 Å². The summed E-state index contributed by atoms with van der Waals surface area (Å²) in [5.74, 6) is 2.31. The van der Waals surface area contributed by atoms with Gasteiger partial charge in [-0.25, -0.2) is 15.0 Å². The summed E-state index contributed by atoms with van der Waals surface area (Å²) >= 11 is 6.02. The molecule has 0 bridgehead atoms. The van der Waals surface area contributed by atoms with Crippen molar-refractivity contribution in [3.8, 4) is 22.8 Å². The fourth-order valence-electron chi connectivity index (χ4n) is 4.13. The third-order valence-electron chi connectivity index (χ3n) is 5.77. The Bertz CT molecular complexity index is 1350. The third kappa shape index (κ3) is 4.00. The van der Waals surface area contributed by atoms with Crippen molar-refractivity contribution in [1.82, 2.24) is 24.5 Å². The highest BCUT2D eigenvalue weighted by Crippen LogP contribution is 2.32. The number of nitrogens with zero attached hydrogens (tertiary/aromatic N) is 6. The van der Waals surface area contributed by atoms with Gasteiger partial charge in [-0.1, -0.05) is 49.7 Å². The number of halogens is 1. The van der Waals surface area contributed by atoms with E-state index in [1.807, 2.05) is 48.0 Å². The van der Waals surface area contributed by atoms with Gasteiger partial charge in [-0.2, -0.15) is 0 Å². The number of amides is 1. The van der Waals surface area contributed by atoms with E-state index in [1.165, 1.54) is 0 Å². The first kappa shape index (κ1) is 21.3. The minimum atomic E-state index is 0.0201. The topological polar surface area (TPSA) is 76.8 Å². The van der Waals surface area contributed by atoms with Crippen LogP contribution in [0.5, 0.6) is 0 Å². The van der Waals surface area contributed by atoms with Gasteiger partial charge in [0.1, 0.15) is 16.8 Å². The molecule has 0 spiro atoms. The highest BCUT2D eigenvalue weighted by atomic mass is 35.5. The van der Waals surface area contributed by atoms with E-state index in [0.29, 0.717) is 29.8 Å². The van der Waals surface area contributed by atoms with Crippen molar-refractivity contribution in [2.75, 3.05) is 4.90 Å². The first-order valence-corrected chi connectivity index (χ1v) is 11.2. The van der Waals surface area contributed by atoms with Gasteiger partial charge in [-0.05, 0) is 23.6 Å². The number of pyridine rings is 1. The van der Waals surface area contributed by atoms with Crippen LogP contribution in [0.4, 0.5) is 5.82 Å². The summed E-state index contributed by atoms with van der Waals surface area (Å²) in [6, 6.07) is 11.9. The molecule has 0 N–H and O–H groups in total. The van der Waals surface area contributed by atoms with Crippen LogP contribution >= 0.6 is 11.6 Å². The molecule has 0 aliphatic carbocycles. The molecule has 1 aliphatic heterocycles. The van der Waals surface area contributed by atoms with Crippen LogP contribution in [-0.2, 0) is 24.8 Å². The number of carbonyl (C=O) groups excluding carboxylic acids is 1. The van der Waals surface area contributed by atoms with Gasteiger partial charge in [-0.3, -0.25) is 14.7 Å². The van der Waals surface area contributed by atoms with Gasteiger partial charge in [-0.15, -0.1) is 0 Å². The fraction of sp³-hybridized carbons (Fsp3) is 0.240. The Labute approximate surface area is 197 Å². The fourth-order valence-corrected chi connectivity index (χ4v) is 4.36. The van der Waals surface area contributed by atoms with Gasteiger partial charge in [0.15, 0.2) is 5.82 Å². The summed E-state index contributed by atoms with van der Waals surface area (Å²) in [5, 5.41) is 0.459. The van der Waals surface area contributed by atoms with Gasteiger partial charge >= 0.3 is 0 Å². The molecule has 4 aromatic rings. The van der Waals surface area contributed by atoms with Crippen molar-refractivity contribution in [2.45, 2.75) is 32.7 Å². The van der Waals surface area contributed by atoms with Crippen LogP contribution in [0.2, 0.25) is 5.15 Å². The maximum Gasteiger partial charge on any atom is 0.233 e. The van der Waals surface area contributed by atoms with Crippen molar-refractivity contribution in [3.05, 3.63) is 77.0 Å². The van der Waals surface area contributed by atoms with E-state index < -0.39 is 0 Å². The van der Waals surface area contributed by atoms with Gasteiger partial charge in [0.25, 0.3) is 0 Å². The summed E-state index contributed by atoms with van der Waals surface area (Å²) in [6.07, 6.45) is 5.63. The molecule has 0 radical (unpaired) electrons. The lowest BCUT2D eigenvalue weighted by molar-refractivity contribution is -0.117. The Hall–Kier alpha value is -3.58. The lowest BCUT2D eigenvalue weighted by Crippen LogP contribution is -2.26. The molecule has 7 nitrogen and oxygen atoms in total. The number of aryl methyl sites for hydroxylation is 1. The molecule has 1 amide bonds. The molecule has 166 valence electrons. The molecule has 5 rings (SSSR count). The number of aromatic nitrogens is 5. The standard InChI is InChI=1S/C25H23ClN6O/c1-15(2)22-19(5-4-10-27-22)23-28-12-18-11-21(33)32(25(18)30-23)13-16-6-8-17(9-7-16)24-29-20(26)14-31(24)3/h4-10,12,14-15H,11,13H2,1-3H3. The average molecular weight is 459 g/mol. The Morgan fingerprint density at radius 2 is 1.88 bits per heavy atom. The van der Waals surface area contributed by atoms with Crippen LogP contribution in [0.25, 0.3) is 22.8 Å². The molecule has 3 aromatic heterocycles. The molecule has 33 heavy (non-hydrogen) atoms. The monoisotopic (exact) mass is 458 g/mol. The number of carbonyl (C=O) groups is 1. The second-order valence-corrected chi connectivity index (χ2v) is 8.87. The quantitative estimate of drug-likeness (QED) is 0.429. The lowest BCUT2D eigenvalue weighted by Gasteiger charge is -2.18. The molecule has 1 aliphatic rings. The highest BCUT2D eigenvalue weighted by Gasteiger charge is 2.30. The van der Waals surface area contributed by atoms with Gasteiger partial charge in [0, 0.05) is 42.3 Å². The Morgan fingerprint density at radius 3 is 2.58 bits per heavy atom. The summed E-state index contributed by atoms with van der Waals surface area (Å²) in [5.41, 5.74) is 4.65. The van der Waals surface area contributed by atoms with Crippen molar-refractivity contribution in [2.24, 2.45) is 7.05 Å². The van der Waals surface area contributed by atoms with E-state index in [9.17, 15) is 4.79 Å². The second kappa shape index (κ2) is 8.41. The van der Waals surface area contributed by atoms with Crippen molar-refractivity contribution in [3.63, 3.8) is 0 Å². The van der Waals surface area contributed by atoms with Gasteiger partial charge < -0.3 is 4.57 Å².